The van der Waals surface area contributed by atoms with Crippen LogP contribution in [0.25, 0.3) is 0 Å². The van der Waals surface area contributed by atoms with Crippen molar-refractivity contribution in [2.75, 3.05) is 0 Å². The van der Waals surface area contributed by atoms with Gasteiger partial charge in [0.1, 0.15) is 12.4 Å². The van der Waals surface area contributed by atoms with Gasteiger partial charge in [0, 0.05) is 5.46 Å². The fourth-order valence-electron chi connectivity index (χ4n) is 1.78. The average Bonchev–Trinajstić information content (AvgIpc) is 2.38. The van der Waals surface area contributed by atoms with Crippen molar-refractivity contribution in [3.63, 3.8) is 0 Å². The van der Waals surface area contributed by atoms with E-state index < -0.39 is 18.6 Å². The molecule has 0 saturated heterocycles. The molecule has 0 spiro atoms. The third kappa shape index (κ3) is 3.12. The van der Waals surface area contributed by atoms with Crippen molar-refractivity contribution in [3.8, 4) is 5.75 Å². The summed E-state index contributed by atoms with van der Waals surface area (Å²) in [5.41, 5.74) is 0.510. The molecule has 2 nitrogen and oxygen atoms in total. The molecule has 98 valence electrons. The van der Waals surface area contributed by atoms with Crippen LogP contribution in [0.2, 0.25) is 6.82 Å². The second-order valence-corrected chi connectivity index (χ2v) is 4.22. The van der Waals surface area contributed by atoms with Gasteiger partial charge >= 0.3 is 6.92 Å². The molecule has 2 aromatic rings. The highest BCUT2D eigenvalue weighted by atomic mass is 19.1. The van der Waals surface area contributed by atoms with E-state index in [2.05, 4.69) is 0 Å². The lowest BCUT2D eigenvalue weighted by Crippen LogP contribution is -2.33. The van der Waals surface area contributed by atoms with E-state index in [-0.39, 0.29) is 17.8 Å². The van der Waals surface area contributed by atoms with Gasteiger partial charge in [-0.15, -0.1) is 0 Å². The third-order valence-electron chi connectivity index (χ3n) is 2.75. The molecule has 5 heteroatoms. The molecule has 0 radical (unpaired) electrons. The Morgan fingerprint density at radius 1 is 1.11 bits per heavy atom. The Bertz CT molecular complexity index is 559. The van der Waals surface area contributed by atoms with Crippen LogP contribution in [0.3, 0.4) is 0 Å². The van der Waals surface area contributed by atoms with Crippen LogP contribution in [0.5, 0.6) is 5.75 Å². The Morgan fingerprint density at radius 2 is 1.79 bits per heavy atom. The Kier molecular flexibility index (Phi) is 4.17. The van der Waals surface area contributed by atoms with E-state index >= 15 is 0 Å². The standard InChI is InChI=1S/C14H13BF2O2/c1-15(18)13-11(16)7-8-12(14(13)17)19-9-10-5-3-2-4-6-10/h2-8,18H,9H2,1H3. The number of benzene rings is 2. The van der Waals surface area contributed by atoms with E-state index in [4.69, 9.17) is 4.74 Å². The van der Waals surface area contributed by atoms with E-state index in [1.54, 1.807) is 0 Å². The van der Waals surface area contributed by atoms with Gasteiger partial charge in [0.25, 0.3) is 0 Å². The normalized spacial score (nSPS) is 10.3. The van der Waals surface area contributed by atoms with Crippen LogP contribution in [0.15, 0.2) is 42.5 Å². The first kappa shape index (κ1) is 13.6. The Morgan fingerprint density at radius 3 is 2.42 bits per heavy atom. The minimum Gasteiger partial charge on any atom is -0.486 e. The predicted octanol–water partition coefficient (Wildman–Crippen LogP) is 2.36. The molecule has 1 N–H and O–H groups in total. The summed E-state index contributed by atoms with van der Waals surface area (Å²) in [6, 6.07) is 11.6. The van der Waals surface area contributed by atoms with E-state index in [1.807, 2.05) is 30.3 Å². The molecular weight excluding hydrogens is 249 g/mol. The molecule has 0 saturated carbocycles. The molecule has 0 heterocycles. The zero-order valence-corrected chi connectivity index (χ0v) is 10.4. The van der Waals surface area contributed by atoms with Gasteiger partial charge in [-0.25, -0.2) is 8.78 Å². The van der Waals surface area contributed by atoms with Crippen LogP contribution >= 0.6 is 0 Å². The Balaban J connectivity index is 2.20. The first-order chi connectivity index (χ1) is 9.09. The second kappa shape index (κ2) is 5.84. The van der Waals surface area contributed by atoms with Crippen LogP contribution in [0.1, 0.15) is 5.56 Å². The summed E-state index contributed by atoms with van der Waals surface area (Å²) in [6.45, 7) is 0.269. The fourth-order valence-corrected chi connectivity index (χ4v) is 1.78. The van der Waals surface area contributed by atoms with Crippen molar-refractivity contribution in [2.24, 2.45) is 0 Å². The van der Waals surface area contributed by atoms with Gasteiger partial charge in [0.15, 0.2) is 11.6 Å². The van der Waals surface area contributed by atoms with Crippen molar-refractivity contribution < 1.29 is 18.5 Å². The summed E-state index contributed by atoms with van der Waals surface area (Å²) < 4.78 is 32.7. The highest BCUT2D eigenvalue weighted by molar-refractivity contribution is 6.65. The minimum absolute atomic E-state index is 0.0684. The van der Waals surface area contributed by atoms with Gasteiger partial charge in [-0.2, -0.15) is 0 Å². The topological polar surface area (TPSA) is 29.5 Å². The molecule has 0 aliphatic rings. The number of rotatable bonds is 4. The average molecular weight is 262 g/mol. The van der Waals surface area contributed by atoms with Crippen molar-refractivity contribution >= 4 is 12.4 Å². The summed E-state index contributed by atoms with van der Waals surface area (Å²) >= 11 is 0. The van der Waals surface area contributed by atoms with E-state index in [9.17, 15) is 13.8 Å². The summed E-state index contributed by atoms with van der Waals surface area (Å²) in [5.74, 6) is -1.70. The largest absolute Gasteiger partial charge is 0.486 e. The zero-order valence-electron chi connectivity index (χ0n) is 10.4. The molecule has 2 aromatic carbocycles. The quantitative estimate of drug-likeness (QED) is 0.857. The van der Waals surface area contributed by atoms with Crippen LogP contribution in [0, 0.1) is 11.6 Å². The lowest BCUT2D eigenvalue weighted by Gasteiger charge is -2.11. The molecule has 19 heavy (non-hydrogen) atoms. The van der Waals surface area contributed by atoms with Crippen LogP contribution < -0.4 is 10.2 Å². The number of halogens is 2. The smallest absolute Gasteiger partial charge is 0.326 e. The summed E-state index contributed by atoms with van der Waals surface area (Å²) in [7, 11) is 0. The monoisotopic (exact) mass is 262 g/mol. The SMILES string of the molecule is CB(O)c1c(F)ccc(OCc2ccccc2)c1F. The maximum atomic E-state index is 14.0. The van der Waals surface area contributed by atoms with Gasteiger partial charge in [0.2, 0.25) is 0 Å². The molecule has 2 rings (SSSR count). The van der Waals surface area contributed by atoms with Crippen LogP contribution in [-0.4, -0.2) is 11.9 Å². The first-order valence-corrected chi connectivity index (χ1v) is 5.92. The zero-order chi connectivity index (χ0) is 13.8. The van der Waals surface area contributed by atoms with Crippen molar-refractivity contribution in [1.29, 1.82) is 0 Å². The summed E-state index contributed by atoms with van der Waals surface area (Å²) in [5, 5.41) is 9.36. The first-order valence-electron chi connectivity index (χ1n) is 5.92. The molecule has 0 aromatic heterocycles. The van der Waals surface area contributed by atoms with Gasteiger partial charge in [-0.05, 0) is 17.7 Å². The highest BCUT2D eigenvalue weighted by Crippen LogP contribution is 2.18. The maximum absolute atomic E-state index is 14.0. The summed E-state index contributed by atoms with van der Waals surface area (Å²) in [6.07, 6.45) is 0. The lowest BCUT2D eigenvalue weighted by molar-refractivity contribution is 0.290. The van der Waals surface area contributed by atoms with Crippen molar-refractivity contribution in [1.82, 2.24) is 0 Å². The Labute approximate surface area is 110 Å². The van der Waals surface area contributed by atoms with E-state index in [0.29, 0.717) is 0 Å². The van der Waals surface area contributed by atoms with Gasteiger partial charge in [-0.1, -0.05) is 37.2 Å². The fraction of sp³-hybridized carbons (Fsp3) is 0.143. The molecule has 0 atom stereocenters. The lowest BCUT2D eigenvalue weighted by atomic mass is 9.64. The van der Waals surface area contributed by atoms with Crippen LogP contribution in [-0.2, 0) is 6.61 Å². The van der Waals surface area contributed by atoms with Gasteiger partial charge in [0.05, 0.1) is 0 Å². The highest BCUT2D eigenvalue weighted by Gasteiger charge is 2.21. The Hall–Kier alpha value is -1.88. The second-order valence-electron chi connectivity index (χ2n) is 4.22. The van der Waals surface area contributed by atoms with E-state index in [1.165, 1.54) is 12.9 Å². The molecule has 0 unspecified atom stereocenters. The number of hydrogen-bond acceptors (Lipinski definition) is 2. The molecule has 0 bridgehead atoms. The minimum atomic E-state index is -1.22. The van der Waals surface area contributed by atoms with Gasteiger partial charge in [-0.3, -0.25) is 0 Å². The maximum Gasteiger partial charge on any atom is 0.326 e. The molecular formula is C14H13BF2O2. The molecule has 0 aliphatic carbocycles. The van der Waals surface area contributed by atoms with Gasteiger partial charge < -0.3 is 9.76 Å². The van der Waals surface area contributed by atoms with Crippen molar-refractivity contribution in [2.45, 2.75) is 13.4 Å². The molecule has 0 aliphatic heterocycles. The third-order valence-corrected chi connectivity index (χ3v) is 2.75. The van der Waals surface area contributed by atoms with E-state index in [0.717, 1.165) is 11.6 Å². The number of ether oxygens (including phenoxy) is 1. The predicted molar refractivity (Wildman–Crippen MR) is 70.6 cm³/mol. The summed E-state index contributed by atoms with van der Waals surface area (Å²) in [4.78, 5) is 0. The molecule has 0 amide bonds. The molecule has 0 fully saturated rings. The van der Waals surface area contributed by atoms with Crippen molar-refractivity contribution in [3.05, 3.63) is 59.7 Å². The van der Waals surface area contributed by atoms with Crippen LogP contribution in [0.4, 0.5) is 8.78 Å². The number of hydrogen-bond donors (Lipinski definition) is 1.